The maximum atomic E-state index is 12.2. The van der Waals surface area contributed by atoms with Gasteiger partial charge in [0.1, 0.15) is 0 Å². The number of aryl methyl sites for hydroxylation is 1. The van der Waals surface area contributed by atoms with Crippen molar-refractivity contribution >= 4 is 28.1 Å². The molecule has 0 atom stereocenters. The maximum Gasteiger partial charge on any atom is 0.273 e. The molecule has 0 bridgehead atoms. The SMILES string of the molecule is Cc1ccc(-c2csc(NC(=O)Cc3ccccc3[N+](=O)[O-])n2)cc1. The number of nitrogens with one attached hydrogen (secondary N) is 1. The highest BCUT2D eigenvalue weighted by Gasteiger charge is 2.16. The van der Waals surface area contributed by atoms with E-state index in [-0.39, 0.29) is 18.0 Å². The molecule has 0 spiro atoms. The van der Waals surface area contributed by atoms with Gasteiger partial charge >= 0.3 is 0 Å². The van der Waals surface area contributed by atoms with Gasteiger partial charge in [0.25, 0.3) is 5.69 Å². The standard InChI is InChI=1S/C18H15N3O3S/c1-12-6-8-13(9-7-12)15-11-25-18(19-15)20-17(22)10-14-4-2-3-5-16(14)21(23)24/h2-9,11H,10H2,1H3,(H,19,20,22). The van der Waals surface area contributed by atoms with Crippen molar-refractivity contribution in [3.05, 3.63) is 75.2 Å². The van der Waals surface area contributed by atoms with Crippen molar-refractivity contribution in [1.29, 1.82) is 0 Å². The Labute approximate surface area is 148 Å². The monoisotopic (exact) mass is 353 g/mol. The maximum absolute atomic E-state index is 12.2. The van der Waals surface area contributed by atoms with Crippen molar-refractivity contribution < 1.29 is 9.72 Å². The fraction of sp³-hybridized carbons (Fsp3) is 0.111. The van der Waals surface area contributed by atoms with Gasteiger partial charge in [0.15, 0.2) is 5.13 Å². The van der Waals surface area contributed by atoms with E-state index in [1.54, 1.807) is 18.2 Å². The largest absolute Gasteiger partial charge is 0.302 e. The first kappa shape index (κ1) is 16.8. The number of nitro benzene ring substituents is 1. The number of carbonyl (C=O) groups is 1. The third-order valence-corrected chi connectivity index (χ3v) is 4.39. The van der Waals surface area contributed by atoms with Gasteiger partial charge in [-0.15, -0.1) is 11.3 Å². The molecule has 3 aromatic rings. The quantitative estimate of drug-likeness (QED) is 0.550. The molecule has 6 nitrogen and oxygen atoms in total. The van der Waals surface area contributed by atoms with Crippen LogP contribution in [0.4, 0.5) is 10.8 Å². The van der Waals surface area contributed by atoms with Gasteiger partial charge in [-0.1, -0.05) is 48.0 Å². The average Bonchev–Trinajstić information content (AvgIpc) is 3.04. The van der Waals surface area contributed by atoms with Crippen LogP contribution < -0.4 is 5.32 Å². The fourth-order valence-electron chi connectivity index (χ4n) is 2.36. The number of para-hydroxylation sites is 1. The fourth-order valence-corrected chi connectivity index (χ4v) is 3.10. The number of hydrogen-bond donors (Lipinski definition) is 1. The van der Waals surface area contributed by atoms with E-state index in [9.17, 15) is 14.9 Å². The van der Waals surface area contributed by atoms with Crippen LogP contribution in [0.2, 0.25) is 0 Å². The Kier molecular flexibility index (Phi) is 4.85. The molecule has 1 N–H and O–H groups in total. The van der Waals surface area contributed by atoms with Crippen molar-refractivity contribution in [2.45, 2.75) is 13.3 Å². The van der Waals surface area contributed by atoms with Crippen LogP contribution in [0.5, 0.6) is 0 Å². The lowest BCUT2D eigenvalue weighted by Gasteiger charge is -2.03. The Morgan fingerprint density at radius 1 is 1.20 bits per heavy atom. The molecule has 0 saturated heterocycles. The van der Waals surface area contributed by atoms with Crippen LogP contribution in [0.25, 0.3) is 11.3 Å². The summed E-state index contributed by atoms with van der Waals surface area (Å²) in [6.07, 6.45) is -0.0728. The Morgan fingerprint density at radius 2 is 1.92 bits per heavy atom. The molecule has 7 heteroatoms. The summed E-state index contributed by atoms with van der Waals surface area (Å²) in [6, 6.07) is 14.2. The van der Waals surface area contributed by atoms with Gasteiger partial charge in [-0.05, 0) is 6.92 Å². The minimum atomic E-state index is -0.485. The van der Waals surface area contributed by atoms with E-state index in [0.29, 0.717) is 10.7 Å². The first-order valence-electron chi connectivity index (χ1n) is 7.57. The van der Waals surface area contributed by atoms with Gasteiger partial charge in [0.2, 0.25) is 5.91 Å². The van der Waals surface area contributed by atoms with Crippen molar-refractivity contribution in [2.24, 2.45) is 0 Å². The second-order valence-electron chi connectivity index (χ2n) is 5.51. The van der Waals surface area contributed by atoms with Crippen LogP contribution in [-0.2, 0) is 11.2 Å². The summed E-state index contributed by atoms with van der Waals surface area (Å²) in [6.45, 7) is 2.01. The molecule has 0 saturated carbocycles. The molecule has 25 heavy (non-hydrogen) atoms. The van der Waals surface area contributed by atoms with Crippen LogP contribution in [0, 0.1) is 17.0 Å². The average molecular weight is 353 g/mol. The van der Waals surface area contributed by atoms with E-state index in [0.717, 1.165) is 16.8 Å². The molecule has 0 aliphatic carbocycles. The number of aromatic nitrogens is 1. The summed E-state index contributed by atoms with van der Waals surface area (Å²) in [5, 5.41) is 16.1. The molecule has 3 rings (SSSR count). The molecular weight excluding hydrogens is 338 g/mol. The number of amides is 1. The highest BCUT2D eigenvalue weighted by Crippen LogP contribution is 2.25. The highest BCUT2D eigenvalue weighted by atomic mass is 32.1. The van der Waals surface area contributed by atoms with Gasteiger partial charge in [0.05, 0.1) is 17.0 Å². The van der Waals surface area contributed by atoms with Crippen molar-refractivity contribution in [1.82, 2.24) is 4.98 Å². The molecule has 1 aromatic heterocycles. The number of nitrogens with zero attached hydrogens (tertiary/aromatic N) is 2. The smallest absolute Gasteiger partial charge is 0.273 e. The van der Waals surface area contributed by atoms with Gasteiger partial charge in [-0.3, -0.25) is 14.9 Å². The van der Waals surface area contributed by atoms with Crippen LogP contribution in [-0.4, -0.2) is 15.8 Å². The Bertz CT molecular complexity index is 919. The summed E-state index contributed by atoms with van der Waals surface area (Å²) in [5.74, 6) is -0.334. The summed E-state index contributed by atoms with van der Waals surface area (Å²) in [7, 11) is 0. The van der Waals surface area contributed by atoms with Crippen LogP contribution in [0.3, 0.4) is 0 Å². The number of nitro groups is 1. The van der Waals surface area contributed by atoms with E-state index >= 15 is 0 Å². The third kappa shape index (κ3) is 4.07. The lowest BCUT2D eigenvalue weighted by atomic mass is 10.1. The normalized spacial score (nSPS) is 10.4. The van der Waals surface area contributed by atoms with E-state index in [4.69, 9.17) is 0 Å². The zero-order valence-corrected chi connectivity index (χ0v) is 14.2. The number of hydrogen-bond acceptors (Lipinski definition) is 5. The Balaban J connectivity index is 1.70. The second kappa shape index (κ2) is 7.23. The number of thiazole rings is 1. The predicted molar refractivity (Wildman–Crippen MR) is 97.7 cm³/mol. The number of benzene rings is 2. The molecule has 126 valence electrons. The van der Waals surface area contributed by atoms with Gasteiger partial charge < -0.3 is 5.32 Å². The molecule has 2 aromatic carbocycles. The predicted octanol–water partition coefficient (Wildman–Crippen LogP) is 4.21. The topological polar surface area (TPSA) is 85.1 Å². The van der Waals surface area contributed by atoms with Crippen molar-refractivity contribution in [2.75, 3.05) is 5.32 Å². The van der Waals surface area contributed by atoms with E-state index in [2.05, 4.69) is 10.3 Å². The molecule has 1 heterocycles. The van der Waals surface area contributed by atoms with E-state index in [1.807, 2.05) is 36.6 Å². The minimum absolute atomic E-state index is 0.0582. The zero-order chi connectivity index (χ0) is 17.8. The second-order valence-corrected chi connectivity index (χ2v) is 6.37. The summed E-state index contributed by atoms with van der Waals surface area (Å²) in [4.78, 5) is 27.1. The molecule has 0 radical (unpaired) electrons. The van der Waals surface area contributed by atoms with Crippen LogP contribution in [0.15, 0.2) is 53.9 Å². The first-order valence-corrected chi connectivity index (χ1v) is 8.45. The minimum Gasteiger partial charge on any atom is -0.302 e. The molecule has 0 aliphatic heterocycles. The van der Waals surface area contributed by atoms with E-state index in [1.165, 1.54) is 17.4 Å². The molecular formula is C18H15N3O3S. The summed E-state index contributed by atoms with van der Waals surface area (Å²) < 4.78 is 0. The molecule has 0 fully saturated rings. The van der Waals surface area contributed by atoms with E-state index < -0.39 is 4.92 Å². The number of anilines is 1. The van der Waals surface area contributed by atoms with Crippen LogP contribution in [0.1, 0.15) is 11.1 Å². The lowest BCUT2D eigenvalue weighted by Crippen LogP contribution is -2.15. The lowest BCUT2D eigenvalue weighted by molar-refractivity contribution is -0.385. The number of carbonyl (C=O) groups excluding carboxylic acids is 1. The van der Waals surface area contributed by atoms with Gasteiger partial charge in [0, 0.05) is 22.6 Å². The van der Waals surface area contributed by atoms with Gasteiger partial charge in [-0.25, -0.2) is 4.98 Å². The molecule has 0 aliphatic rings. The molecule has 1 amide bonds. The highest BCUT2D eigenvalue weighted by molar-refractivity contribution is 7.14. The van der Waals surface area contributed by atoms with Crippen molar-refractivity contribution in [3.8, 4) is 11.3 Å². The summed E-state index contributed by atoms with van der Waals surface area (Å²) in [5.41, 5.74) is 3.24. The Hall–Kier alpha value is -3.06. The van der Waals surface area contributed by atoms with Gasteiger partial charge in [-0.2, -0.15) is 0 Å². The van der Waals surface area contributed by atoms with Crippen molar-refractivity contribution in [3.63, 3.8) is 0 Å². The molecule has 0 unspecified atom stereocenters. The zero-order valence-electron chi connectivity index (χ0n) is 13.4. The summed E-state index contributed by atoms with van der Waals surface area (Å²) >= 11 is 1.32. The van der Waals surface area contributed by atoms with Crippen LogP contribution >= 0.6 is 11.3 Å². The first-order chi connectivity index (χ1) is 12.0. The number of rotatable bonds is 5. The Morgan fingerprint density at radius 3 is 2.64 bits per heavy atom. The third-order valence-electron chi connectivity index (χ3n) is 3.64.